The lowest BCUT2D eigenvalue weighted by Gasteiger charge is -2.11. The third kappa shape index (κ3) is 3.46. The maximum atomic E-state index is 11.9. The third-order valence-electron chi connectivity index (χ3n) is 3.40. The van der Waals surface area contributed by atoms with Gasteiger partial charge in [0.2, 0.25) is 5.91 Å². The SMILES string of the molecule is Cc1nccn1-c1ncccc1NC(=O)COCC1CC1. The molecule has 2 aromatic heterocycles. The van der Waals surface area contributed by atoms with Crippen LogP contribution in [0.1, 0.15) is 18.7 Å². The molecule has 0 radical (unpaired) electrons. The van der Waals surface area contributed by atoms with E-state index in [9.17, 15) is 4.79 Å². The predicted octanol–water partition coefficient (Wildman–Crippen LogP) is 1.94. The Bertz CT molecular complexity index is 634. The smallest absolute Gasteiger partial charge is 0.250 e. The van der Waals surface area contributed by atoms with Crippen molar-refractivity contribution in [2.45, 2.75) is 19.8 Å². The van der Waals surface area contributed by atoms with Crippen LogP contribution >= 0.6 is 0 Å². The molecule has 0 spiro atoms. The fourth-order valence-electron chi connectivity index (χ4n) is 2.08. The van der Waals surface area contributed by atoms with Crippen LogP contribution in [0.5, 0.6) is 0 Å². The van der Waals surface area contributed by atoms with Gasteiger partial charge in [0.1, 0.15) is 12.4 Å². The molecule has 6 heteroatoms. The first-order valence-electron chi connectivity index (χ1n) is 7.07. The van der Waals surface area contributed by atoms with E-state index in [0.29, 0.717) is 24.0 Å². The van der Waals surface area contributed by atoms with Crippen LogP contribution in [0.4, 0.5) is 5.69 Å². The van der Waals surface area contributed by atoms with Crippen LogP contribution in [0, 0.1) is 12.8 Å². The van der Waals surface area contributed by atoms with E-state index in [1.807, 2.05) is 23.8 Å². The normalized spacial score (nSPS) is 14.1. The van der Waals surface area contributed by atoms with Crippen LogP contribution in [-0.4, -0.2) is 33.7 Å². The first kappa shape index (κ1) is 13.8. The van der Waals surface area contributed by atoms with Gasteiger partial charge in [-0.3, -0.25) is 9.36 Å². The molecule has 1 N–H and O–H groups in total. The van der Waals surface area contributed by atoms with E-state index in [1.54, 1.807) is 18.5 Å². The molecule has 1 aliphatic rings. The number of pyridine rings is 1. The fourth-order valence-corrected chi connectivity index (χ4v) is 2.08. The summed E-state index contributed by atoms with van der Waals surface area (Å²) < 4.78 is 7.23. The van der Waals surface area contributed by atoms with Crippen molar-refractivity contribution in [3.05, 3.63) is 36.5 Å². The van der Waals surface area contributed by atoms with Crippen molar-refractivity contribution < 1.29 is 9.53 Å². The summed E-state index contributed by atoms with van der Waals surface area (Å²) in [4.78, 5) is 20.4. The van der Waals surface area contributed by atoms with E-state index in [-0.39, 0.29) is 12.5 Å². The van der Waals surface area contributed by atoms with Crippen LogP contribution in [0.2, 0.25) is 0 Å². The number of aromatic nitrogens is 3. The Morgan fingerprint density at radius 1 is 1.43 bits per heavy atom. The molecule has 2 heterocycles. The highest BCUT2D eigenvalue weighted by Crippen LogP contribution is 2.28. The number of nitrogens with zero attached hydrogens (tertiary/aromatic N) is 3. The number of carbonyl (C=O) groups excluding carboxylic acids is 1. The molecule has 21 heavy (non-hydrogen) atoms. The Balaban J connectivity index is 1.67. The van der Waals surface area contributed by atoms with E-state index in [1.165, 1.54) is 12.8 Å². The second kappa shape index (κ2) is 6.05. The number of nitrogens with one attached hydrogen (secondary N) is 1. The van der Waals surface area contributed by atoms with Gasteiger partial charge in [-0.2, -0.15) is 0 Å². The molecule has 0 unspecified atom stereocenters. The topological polar surface area (TPSA) is 69.0 Å². The van der Waals surface area contributed by atoms with Gasteiger partial charge in [0, 0.05) is 18.6 Å². The van der Waals surface area contributed by atoms with Crippen LogP contribution in [0.25, 0.3) is 5.82 Å². The Morgan fingerprint density at radius 3 is 3.00 bits per heavy atom. The monoisotopic (exact) mass is 286 g/mol. The van der Waals surface area contributed by atoms with Crippen molar-refractivity contribution in [3.8, 4) is 5.82 Å². The summed E-state index contributed by atoms with van der Waals surface area (Å²) in [6.45, 7) is 2.64. The number of aryl methyl sites for hydroxylation is 1. The minimum Gasteiger partial charge on any atom is -0.371 e. The van der Waals surface area contributed by atoms with Gasteiger partial charge in [-0.05, 0) is 37.8 Å². The third-order valence-corrected chi connectivity index (χ3v) is 3.40. The molecule has 0 bridgehead atoms. The summed E-state index contributed by atoms with van der Waals surface area (Å²) in [6, 6.07) is 3.61. The summed E-state index contributed by atoms with van der Waals surface area (Å²) in [7, 11) is 0. The second-order valence-electron chi connectivity index (χ2n) is 5.23. The molecular formula is C15H18N4O2. The summed E-state index contributed by atoms with van der Waals surface area (Å²) in [5.41, 5.74) is 0.652. The Labute approximate surface area is 123 Å². The van der Waals surface area contributed by atoms with Gasteiger partial charge < -0.3 is 10.1 Å². The molecular weight excluding hydrogens is 268 g/mol. The van der Waals surface area contributed by atoms with E-state index in [0.717, 1.165) is 5.82 Å². The molecule has 3 rings (SSSR count). The Kier molecular flexibility index (Phi) is 3.96. The zero-order valence-corrected chi connectivity index (χ0v) is 12.0. The summed E-state index contributed by atoms with van der Waals surface area (Å²) >= 11 is 0. The number of anilines is 1. The van der Waals surface area contributed by atoms with Gasteiger partial charge in [0.05, 0.1) is 12.3 Å². The standard InChI is InChI=1S/C15H18N4O2/c1-11-16-7-8-19(11)15-13(3-2-6-17-15)18-14(20)10-21-9-12-4-5-12/h2-3,6-8,12H,4-5,9-10H2,1H3,(H,18,20). The van der Waals surface area contributed by atoms with Crippen LogP contribution in [0.15, 0.2) is 30.7 Å². The maximum absolute atomic E-state index is 11.9. The van der Waals surface area contributed by atoms with Gasteiger partial charge in [-0.1, -0.05) is 0 Å². The molecule has 1 aliphatic carbocycles. The first-order chi connectivity index (χ1) is 10.2. The molecule has 2 aromatic rings. The van der Waals surface area contributed by atoms with Gasteiger partial charge >= 0.3 is 0 Å². The Morgan fingerprint density at radius 2 is 2.29 bits per heavy atom. The molecule has 0 aliphatic heterocycles. The summed E-state index contributed by atoms with van der Waals surface area (Å²) in [6.07, 6.45) is 7.64. The summed E-state index contributed by atoms with van der Waals surface area (Å²) in [5.74, 6) is 1.96. The largest absolute Gasteiger partial charge is 0.371 e. The Hall–Kier alpha value is -2.21. The van der Waals surface area contributed by atoms with E-state index in [2.05, 4.69) is 15.3 Å². The number of amides is 1. The van der Waals surface area contributed by atoms with Crippen molar-refractivity contribution in [2.75, 3.05) is 18.5 Å². The van der Waals surface area contributed by atoms with Crippen LogP contribution in [0.3, 0.4) is 0 Å². The molecule has 1 amide bonds. The number of imidazole rings is 1. The number of hydrogen-bond donors (Lipinski definition) is 1. The molecule has 0 atom stereocenters. The lowest BCUT2D eigenvalue weighted by Crippen LogP contribution is -2.20. The second-order valence-corrected chi connectivity index (χ2v) is 5.23. The lowest BCUT2D eigenvalue weighted by molar-refractivity contribution is -0.120. The number of hydrogen-bond acceptors (Lipinski definition) is 4. The zero-order valence-electron chi connectivity index (χ0n) is 12.0. The first-order valence-corrected chi connectivity index (χ1v) is 7.07. The van der Waals surface area contributed by atoms with Crippen molar-refractivity contribution in [2.24, 2.45) is 5.92 Å². The number of carbonyl (C=O) groups is 1. The maximum Gasteiger partial charge on any atom is 0.250 e. The van der Waals surface area contributed by atoms with Crippen molar-refractivity contribution >= 4 is 11.6 Å². The summed E-state index contributed by atoms with van der Waals surface area (Å²) in [5, 5.41) is 2.85. The molecule has 1 saturated carbocycles. The minimum absolute atomic E-state index is 0.0771. The average molecular weight is 286 g/mol. The molecule has 6 nitrogen and oxygen atoms in total. The van der Waals surface area contributed by atoms with Crippen LogP contribution < -0.4 is 5.32 Å². The fraction of sp³-hybridized carbons (Fsp3) is 0.400. The molecule has 110 valence electrons. The highest BCUT2D eigenvalue weighted by Gasteiger charge is 2.21. The quantitative estimate of drug-likeness (QED) is 0.881. The minimum atomic E-state index is -0.164. The molecule has 1 fully saturated rings. The molecule has 0 aromatic carbocycles. The van der Waals surface area contributed by atoms with E-state index >= 15 is 0 Å². The molecule has 0 saturated heterocycles. The van der Waals surface area contributed by atoms with Crippen molar-refractivity contribution in [1.82, 2.24) is 14.5 Å². The van der Waals surface area contributed by atoms with Gasteiger partial charge in [-0.15, -0.1) is 0 Å². The van der Waals surface area contributed by atoms with Gasteiger partial charge in [-0.25, -0.2) is 9.97 Å². The van der Waals surface area contributed by atoms with Crippen molar-refractivity contribution in [3.63, 3.8) is 0 Å². The van der Waals surface area contributed by atoms with Crippen molar-refractivity contribution in [1.29, 1.82) is 0 Å². The lowest BCUT2D eigenvalue weighted by atomic mass is 10.3. The zero-order chi connectivity index (χ0) is 14.7. The van der Waals surface area contributed by atoms with E-state index in [4.69, 9.17) is 4.74 Å². The average Bonchev–Trinajstić information content (AvgIpc) is 3.20. The van der Waals surface area contributed by atoms with Gasteiger partial charge in [0.25, 0.3) is 0 Å². The predicted molar refractivity (Wildman–Crippen MR) is 78.3 cm³/mol. The van der Waals surface area contributed by atoms with Crippen LogP contribution in [-0.2, 0) is 9.53 Å². The number of rotatable bonds is 6. The van der Waals surface area contributed by atoms with Gasteiger partial charge in [0.15, 0.2) is 5.82 Å². The number of ether oxygens (including phenoxy) is 1. The van der Waals surface area contributed by atoms with E-state index < -0.39 is 0 Å². The highest BCUT2D eigenvalue weighted by molar-refractivity contribution is 5.93. The highest BCUT2D eigenvalue weighted by atomic mass is 16.5.